The van der Waals surface area contributed by atoms with Crippen LogP contribution >= 0.6 is 29.5 Å². The zero-order chi connectivity index (χ0) is 22.2. The van der Waals surface area contributed by atoms with Crippen molar-refractivity contribution in [2.45, 2.75) is 33.1 Å². The summed E-state index contributed by atoms with van der Waals surface area (Å²) in [5.41, 5.74) is 1.64. The van der Waals surface area contributed by atoms with Gasteiger partial charge in [0.2, 0.25) is 0 Å². The topological polar surface area (TPSA) is 36.0 Å². The van der Waals surface area contributed by atoms with Crippen molar-refractivity contribution in [2.24, 2.45) is 0 Å². The lowest BCUT2D eigenvalue weighted by atomic mass is 10.2. The Bertz CT molecular complexity index is 1040. The van der Waals surface area contributed by atoms with Gasteiger partial charge in [0.15, 0.2) is 0 Å². The predicted octanol–water partition coefficient (Wildman–Crippen LogP) is 6.28. The van der Waals surface area contributed by atoms with Crippen LogP contribution in [0.25, 0.3) is 0 Å². The first-order valence-corrected chi connectivity index (χ1v) is 14.1. The van der Waals surface area contributed by atoms with Crippen molar-refractivity contribution in [1.29, 1.82) is 0 Å². The SMILES string of the molecule is CCN(CC)c1ccc2c(c1)OC(=O)N(c1ccc(Cl)c(Cl)c1)[P@@]2(=S)N1CCCCC1. The fraction of sp³-hybridized carbons (Fsp3) is 0.409. The molecule has 2 aromatic rings. The Kier molecular flexibility index (Phi) is 6.85. The molecule has 0 N–H and O–H groups in total. The zero-order valence-corrected chi connectivity index (χ0v) is 20.9. The molecule has 1 saturated heterocycles. The van der Waals surface area contributed by atoms with Crippen LogP contribution in [0.3, 0.4) is 0 Å². The Balaban J connectivity index is 1.88. The van der Waals surface area contributed by atoms with Gasteiger partial charge in [0.1, 0.15) is 12.1 Å². The van der Waals surface area contributed by atoms with Crippen LogP contribution in [0, 0.1) is 0 Å². The van der Waals surface area contributed by atoms with Crippen molar-refractivity contribution < 1.29 is 9.53 Å². The number of hydrogen-bond donors (Lipinski definition) is 0. The molecule has 2 heterocycles. The molecule has 0 aromatic heterocycles. The quantitative estimate of drug-likeness (QED) is 0.454. The molecule has 166 valence electrons. The summed E-state index contributed by atoms with van der Waals surface area (Å²) in [5, 5.41) is 1.73. The summed E-state index contributed by atoms with van der Waals surface area (Å²) in [7, 11) is 0. The Morgan fingerprint density at radius 1 is 1.03 bits per heavy atom. The molecule has 0 bridgehead atoms. The molecule has 4 rings (SSSR count). The molecule has 9 heteroatoms. The summed E-state index contributed by atoms with van der Waals surface area (Å²) in [6.45, 7) is 7.69. The number of nitrogens with zero attached hydrogens (tertiary/aromatic N) is 3. The van der Waals surface area contributed by atoms with E-state index in [-0.39, 0.29) is 0 Å². The number of halogens is 2. The number of ether oxygens (including phenoxy) is 1. The first-order valence-electron chi connectivity index (χ1n) is 10.6. The Morgan fingerprint density at radius 3 is 2.39 bits per heavy atom. The van der Waals surface area contributed by atoms with E-state index in [1.54, 1.807) is 22.9 Å². The number of rotatable bonds is 5. The molecule has 0 unspecified atom stereocenters. The number of fused-ring (bicyclic) bond motifs is 1. The fourth-order valence-corrected chi connectivity index (χ4v) is 8.95. The number of carbonyl (C=O) groups excluding carboxylic acids is 1. The van der Waals surface area contributed by atoms with Crippen molar-refractivity contribution in [3.8, 4) is 5.75 Å². The number of carbonyl (C=O) groups is 1. The van der Waals surface area contributed by atoms with Gasteiger partial charge < -0.3 is 9.64 Å². The van der Waals surface area contributed by atoms with Gasteiger partial charge in [0.25, 0.3) is 0 Å². The molecule has 1 fully saturated rings. The zero-order valence-electron chi connectivity index (χ0n) is 17.7. The third kappa shape index (κ3) is 4.09. The minimum absolute atomic E-state index is 0.384. The molecule has 1 amide bonds. The number of anilines is 2. The lowest BCUT2D eigenvalue weighted by molar-refractivity contribution is 0.210. The van der Waals surface area contributed by atoms with Crippen molar-refractivity contribution in [1.82, 2.24) is 4.67 Å². The summed E-state index contributed by atoms with van der Waals surface area (Å²) in [6, 6.07) is 11.3. The van der Waals surface area contributed by atoms with Gasteiger partial charge in [-0.3, -0.25) is 4.67 Å². The number of piperidine rings is 1. The van der Waals surface area contributed by atoms with Gasteiger partial charge in [-0.2, -0.15) is 0 Å². The van der Waals surface area contributed by atoms with Crippen molar-refractivity contribution >= 4 is 64.1 Å². The Labute approximate surface area is 199 Å². The van der Waals surface area contributed by atoms with Crippen LogP contribution in [-0.4, -0.2) is 36.9 Å². The van der Waals surface area contributed by atoms with E-state index in [4.69, 9.17) is 39.7 Å². The molecule has 2 aliphatic rings. The molecule has 0 saturated carbocycles. The van der Waals surface area contributed by atoms with Gasteiger partial charge >= 0.3 is 6.09 Å². The van der Waals surface area contributed by atoms with E-state index in [1.807, 2.05) is 6.07 Å². The van der Waals surface area contributed by atoms with Crippen LogP contribution in [0.15, 0.2) is 36.4 Å². The third-order valence-corrected chi connectivity index (χ3v) is 11.5. The Hall–Kier alpha value is -1.30. The van der Waals surface area contributed by atoms with Gasteiger partial charge in [-0.05, 0) is 57.0 Å². The number of hydrogen-bond acceptors (Lipinski definition) is 4. The molecule has 2 aliphatic heterocycles. The summed E-state index contributed by atoms with van der Waals surface area (Å²) in [4.78, 5) is 15.6. The first kappa shape index (κ1) is 22.9. The molecule has 5 nitrogen and oxygen atoms in total. The lowest BCUT2D eigenvalue weighted by Crippen LogP contribution is -2.47. The summed E-state index contributed by atoms with van der Waals surface area (Å²) >= 11 is 18.9. The summed E-state index contributed by atoms with van der Waals surface area (Å²) < 4.78 is 9.81. The fourth-order valence-electron chi connectivity index (χ4n) is 4.27. The van der Waals surface area contributed by atoms with Crippen molar-refractivity contribution in [3.05, 3.63) is 46.4 Å². The maximum Gasteiger partial charge on any atom is 0.424 e. The van der Waals surface area contributed by atoms with E-state index in [0.29, 0.717) is 21.5 Å². The second-order valence-corrected chi connectivity index (χ2v) is 12.5. The first-order chi connectivity index (χ1) is 14.9. The van der Waals surface area contributed by atoms with Gasteiger partial charge in [-0.15, -0.1) is 0 Å². The highest BCUT2D eigenvalue weighted by Gasteiger charge is 2.45. The number of amides is 1. The van der Waals surface area contributed by atoms with E-state index in [0.717, 1.165) is 50.0 Å². The highest BCUT2D eigenvalue weighted by molar-refractivity contribution is 8.18. The average molecular weight is 498 g/mol. The molecule has 1 atom stereocenters. The molecule has 2 aromatic carbocycles. The van der Waals surface area contributed by atoms with Crippen LogP contribution in [-0.2, 0) is 11.8 Å². The minimum Gasteiger partial charge on any atom is -0.409 e. The van der Waals surface area contributed by atoms with E-state index in [1.165, 1.54) is 6.42 Å². The second kappa shape index (κ2) is 9.29. The predicted molar refractivity (Wildman–Crippen MR) is 134 cm³/mol. The largest absolute Gasteiger partial charge is 0.424 e. The van der Waals surface area contributed by atoms with Crippen LogP contribution in [0.5, 0.6) is 5.75 Å². The molecular weight excluding hydrogens is 472 g/mol. The highest BCUT2D eigenvalue weighted by Crippen LogP contribution is 2.59. The van der Waals surface area contributed by atoms with Gasteiger partial charge in [-0.25, -0.2) is 9.46 Å². The second-order valence-electron chi connectivity index (χ2n) is 7.66. The molecule has 0 radical (unpaired) electrons. The van der Waals surface area contributed by atoms with E-state index >= 15 is 0 Å². The van der Waals surface area contributed by atoms with E-state index in [2.05, 4.69) is 35.6 Å². The highest BCUT2D eigenvalue weighted by atomic mass is 35.5. The standard InChI is InChI=1S/C22H26Cl2N3O2PS/c1-3-25(4-2)16-9-11-21-20(15-16)29-22(28)27(17-8-10-18(23)19(24)14-17)30(21,31)26-12-6-5-7-13-26/h8-11,14-15H,3-7,12-13H2,1-2H3/t30-/m0/s1. The van der Waals surface area contributed by atoms with Gasteiger partial charge in [-0.1, -0.05) is 41.4 Å². The van der Waals surface area contributed by atoms with Crippen LogP contribution in [0.4, 0.5) is 16.2 Å². The average Bonchev–Trinajstić information content (AvgIpc) is 2.77. The molecule has 31 heavy (non-hydrogen) atoms. The van der Waals surface area contributed by atoms with Crippen molar-refractivity contribution in [3.63, 3.8) is 0 Å². The van der Waals surface area contributed by atoms with E-state index < -0.39 is 12.4 Å². The molecule has 0 spiro atoms. The van der Waals surface area contributed by atoms with E-state index in [9.17, 15) is 4.79 Å². The summed E-state index contributed by atoms with van der Waals surface area (Å²) in [6.07, 6.45) is 0.182. The molecular formula is C22H26Cl2N3O2PS. The third-order valence-electron chi connectivity index (χ3n) is 5.89. The Morgan fingerprint density at radius 2 is 1.74 bits per heavy atom. The van der Waals surface area contributed by atoms with Crippen molar-refractivity contribution in [2.75, 3.05) is 35.7 Å². The monoisotopic (exact) mass is 497 g/mol. The van der Waals surface area contributed by atoms with Crippen LogP contribution in [0.2, 0.25) is 10.0 Å². The minimum atomic E-state index is -2.66. The maximum atomic E-state index is 13.4. The summed E-state index contributed by atoms with van der Waals surface area (Å²) in [5.74, 6) is 0.569. The lowest BCUT2D eigenvalue weighted by Gasteiger charge is -2.46. The van der Waals surface area contributed by atoms with Crippen LogP contribution in [0.1, 0.15) is 33.1 Å². The molecule has 0 aliphatic carbocycles. The van der Waals surface area contributed by atoms with Crippen LogP contribution < -0.4 is 19.6 Å². The normalized spacial score (nSPS) is 21.5. The van der Waals surface area contributed by atoms with Gasteiger partial charge in [0, 0.05) is 37.9 Å². The maximum absolute atomic E-state index is 13.4. The smallest absolute Gasteiger partial charge is 0.409 e. The van der Waals surface area contributed by atoms with Gasteiger partial charge in [0.05, 0.1) is 21.0 Å². The number of benzene rings is 2.